The standard InChI is InChI=1S/C20H21N3O/c1-14(23-13-21-17-9-5-6-10-18(17)23)20(24)22-19(16-11-12-16)15-7-3-2-4-8-15/h2-10,13-14,16,19H,11-12H2,1H3,(H,22,24). The maximum atomic E-state index is 12.8. The summed E-state index contributed by atoms with van der Waals surface area (Å²) in [6, 6.07) is 18.0. The Bertz CT molecular complexity index is 851. The number of imidazole rings is 1. The predicted molar refractivity (Wildman–Crippen MR) is 94.5 cm³/mol. The van der Waals surface area contributed by atoms with Gasteiger partial charge >= 0.3 is 0 Å². The maximum Gasteiger partial charge on any atom is 0.243 e. The number of nitrogens with zero attached hydrogens (tertiary/aromatic N) is 2. The van der Waals surface area contributed by atoms with Gasteiger partial charge in [0.25, 0.3) is 0 Å². The molecule has 4 heteroatoms. The van der Waals surface area contributed by atoms with Crippen molar-refractivity contribution in [3.63, 3.8) is 0 Å². The van der Waals surface area contributed by atoms with Gasteiger partial charge in [-0.05, 0) is 43.4 Å². The van der Waals surface area contributed by atoms with Crippen molar-refractivity contribution in [2.45, 2.75) is 31.8 Å². The van der Waals surface area contributed by atoms with Gasteiger partial charge < -0.3 is 9.88 Å². The minimum Gasteiger partial charge on any atom is -0.347 e. The van der Waals surface area contributed by atoms with Crippen LogP contribution in [-0.2, 0) is 4.79 Å². The van der Waals surface area contributed by atoms with Crippen LogP contribution in [0.25, 0.3) is 11.0 Å². The van der Waals surface area contributed by atoms with Crippen LogP contribution in [0.5, 0.6) is 0 Å². The van der Waals surface area contributed by atoms with Crippen LogP contribution in [0.1, 0.15) is 37.4 Å². The zero-order chi connectivity index (χ0) is 16.5. The zero-order valence-electron chi connectivity index (χ0n) is 13.7. The molecule has 1 amide bonds. The van der Waals surface area contributed by atoms with Crippen molar-refractivity contribution in [1.82, 2.24) is 14.9 Å². The molecule has 1 fully saturated rings. The molecule has 0 bridgehead atoms. The summed E-state index contributed by atoms with van der Waals surface area (Å²) in [4.78, 5) is 17.2. The molecule has 1 saturated carbocycles. The summed E-state index contributed by atoms with van der Waals surface area (Å²) in [5, 5.41) is 3.26. The normalized spacial score (nSPS) is 16.7. The molecule has 0 saturated heterocycles. The summed E-state index contributed by atoms with van der Waals surface area (Å²) in [6.07, 6.45) is 4.12. The van der Waals surface area contributed by atoms with Gasteiger partial charge in [0.1, 0.15) is 6.04 Å². The Morgan fingerprint density at radius 3 is 2.58 bits per heavy atom. The van der Waals surface area contributed by atoms with Gasteiger partial charge in [-0.25, -0.2) is 4.98 Å². The molecule has 1 N–H and O–H groups in total. The third kappa shape index (κ3) is 2.80. The molecular formula is C20H21N3O. The zero-order valence-corrected chi connectivity index (χ0v) is 13.7. The molecule has 0 spiro atoms. The van der Waals surface area contributed by atoms with E-state index in [2.05, 4.69) is 22.4 Å². The van der Waals surface area contributed by atoms with Gasteiger partial charge in [-0.1, -0.05) is 42.5 Å². The third-order valence-corrected chi connectivity index (χ3v) is 4.83. The van der Waals surface area contributed by atoms with Gasteiger partial charge in [0.15, 0.2) is 0 Å². The molecule has 2 unspecified atom stereocenters. The molecule has 2 aromatic carbocycles. The number of carbonyl (C=O) groups is 1. The first-order chi connectivity index (χ1) is 11.7. The molecule has 1 aromatic heterocycles. The van der Waals surface area contributed by atoms with Crippen molar-refractivity contribution < 1.29 is 4.79 Å². The Morgan fingerprint density at radius 2 is 1.83 bits per heavy atom. The lowest BCUT2D eigenvalue weighted by Gasteiger charge is -2.22. The van der Waals surface area contributed by atoms with Crippen molar-refractivity contribution in [2.75, 3.05) is 0 Å². The topological polar surface area (TPSA) is 46.9 Å². The highest BCUT2D eigenvalue weighted by atomic mass is 16.2. The van der Waals surface area contributed by atoms with Crippen LogP contribution in [0.4, 0.5) is 0 Å². The summed E-state index contributed by atoms with van der Waals surface area (Å²) in [5.41, 5.74) is 3.10. The van der Waals surface area contributed by atoms with E-state index in [0.717, 1.165) is 11.0 Å². The van der Waals surface area contributed by atoms with E-state index < -0.39 is 0 Å². The number of para-hydroxylation sites is 2. The summed E-state index contributed by atoms with van der Waals surface area (Å²) < 4.78 is 1.94. The number of aromatic nitrogens is 2. The van der Waals surface area contributed by atoms with Crippen molar-refractivity contribution in [2.24, 2.45) is 5.92 Å². The van der Waals surface area contributed by atoms with Crippen LogP contribution in [0, 0.1) is 5.92 Å². The predicted octanol–water partition coefficient (Wildman–Crippen LogP) is 3.86. The first-order valence-electron chi connectivity index (χ1n) is 8.51. The van der Waals surface area contributed by atoms with Gasteiger partial charge in [0.05, 0.1) is 23.4 Å². The Kier molecular flexibility index (Phi) is 3.81. The van der Waals surface area contributed by atoms with Crippen LogP contribution in [0.2, 0.25) is 0 Å². The summed E-state index contributed by atoms with van der Waals surface area (Å²) in [6.45, 7) is 1.93. The van der Waals surface area contributed by atoms with Crippen LogP contribution >= 0.6 is 0 Å². The van der Waals surface area contributed by atoms with E-state index in [4.69, 9.17) is 0 Å². The Labute approximate surface area is 141 Å². The highest BCUT2D eigenvalue weighted by Gasteiger charge is 2.34. The second-order valence-corrected chi connectivity index (χ2v) is 6.55. The molecule has 1 aliphatic rings. The SMILES string of the molecule is CC(C(=O)NC(c1ccccc1)C1CC1)n1cnc2ccccc21. The summed E-state index contributed by atoms with van der Waals surface area (Å²) >= 11 is 0. The van der Waals surface area contributed by atoms with Crippen LogP contribution in [0.3, 0.4) is 0 Å². The lowest BCUT2D eigenvalue weighted by molar-refractivity contribution is -0.124. The van der Waals surface area contributed by atoms with E-state index in [1.807, 2.05) is 54.0 Å². The van der Waals surface area contributed by atoms with E-state index in [0.29, 0.717) is 5.92 Å². The fraction of sp³-hybridized carbons (Fsp3) is 0.300. The van der Waals surface area contributed by atoms with E-state index in [1.54, 1.807) is 6.33 Å². The van der Waals surface area contributed by atoms with Gasteiger partial charge in [0, 0.05) is 0 Å². The van der Waals surface area contributed by atoms with Gasteiger partial charge in [-0.3, -0.25) is 4.79 Å². The monoisotopic (exact) mass is 319 g/mol. The van der Waals surface area contributed by atoms with Crippen molar-refractivity contribution in [3.05, 3.63) is 66.5 Å². The quantitative estimate of drug-likeness (QED) is 0.776. The van der Waals surface area contributed by atoms with E-state index in [1.165, 1.54) is 18.4 Å². The Hall–Kier alpha value is -2.62. The number of nitrogens with one attached hydrogen (secondary N) is 1. The molecule has 122 valence electrons. The fourth-order valence-corrected chi connectivity index (χ4v) is 3.25. The highest BCUT2D eigenvalue weighted by Crippen LogP contribution is 2.41. The maximum absolute atomic E-state index is 12.8. The molecule has 1 heterocycles. The summed E-state index contributed by atoms with van der Waals surface area (Å²) in [5.74, 6) is 0.599. The average molecular weight is 319 g/mol. The lowest BCUT2D eigenvalue weighted by Crippen LogP contribution is -2.35. The Balaban J connectivity index is 1.56. The average Bonchev–Trinajstić information content (AvgIpc) is 3.38. The highest BCUT2D eigenvalue weighted by molar-refractivity contribution is 5.84. The Morgan fingerprint density at radius 1 is 1.12 bits per heavy atom. The first-order valence-corrected chi connectivity index (χ1v) is 8.51. The number of fused-ring (bicyclic) bond motifs is 1. The molecule has 0 aliphatic heterocycles. The third-order valence-electron chi connectivity index (χ3n) is 4.83. The van der Waals surface area contributed by atoms with Crippen LogP contribution in [0.15, 0.2) is 60.9 Å². The van der Waals surface area contributed by atoms with E-state index in [-0.39, 0.29) is 18.0 Å². The van der Waals surface area contributed by atoms with Crippen molar-refractivity contribution in [1.29, 1.82) is 0 Å². The smallest absolute Gasteiger partial charge is 0.243 e. The van der Waals surface area contributed by atoms with Crippen molar-refractivity contribution >= 4 is 16.9 Å². The van der Waals surface area contributed by atoms with Gasteiger partial charge in [-0.2, -0.15) is 0 Å². The molecular weight excluding hydrogens is 298 g/mol. The van der Waals surface area contributed by atoms with Gasteiger partial charge in [-0.15, -0.1) is 0 Å². The fourth-order valence-electron chi connectivity index (χ4n) is 3.25. The minimum atomic E-state index is -0.289. The van der Waals surface area contributed by atoms with E-state index in [9.17, 15) is 4.79 Å². The largest absolute Gasteiger partial charge is 0.347 e. The molecule has 3 aromatic rings. The number of hydrogen-bond donors (Lipinski definition) is 1. The second-order valence-electron chi connectivity index (χ2n) is 6.55. The minimum absolute atomic E-state index is 0.0407. The summed E-state index contributed by atoms with van der Waals surface area (Å²) in [7, 11) is 0. The number of rotatable bonds is 5. The first kappa shape index (κ1) is 14.9. The van der Waals surface area contributed by atoms with Crippen LogP contribution in [-0.4, -0.2) is 15.5 Å². The number of hydrogen-bond acceptors (Lipinski definition) is 2. The molecule has 4 rings (SSSR count). The van der Waals surface area contributed by atoms with Crippen LogP contribution < -0.4 is 5.32 Å². The molecule has 2 atom stereocenters. The number of carbonyl (C=O) groups excluding carboxylic acids is 1. The van der Waals surface area contributed by atoms with E-state index >= 15 is 0 Å². The number of benzene rings is 2. The molecule has 0 radical (unpaired) electrons. The second kappa shape index (κ2) is 6.11. The van der Waals surface area contributed by atoms with Gasteiger partial charge in [0.2, 0.25) is 5.91 Å². The molecule has 24 heavy (non-hydrogen) atoms. The lowest BCUT2D eigenvalue weighted by atomic mass is 10.0. The molecule has 1 aliphatic carbocycles. The molecule has 4 nitrogen and oxygen atoms in total. The van der Waals surface area contributed by atoms with Crippen molar-refractivity contribution in [3.8, 4) is 0 Å². The number of amides is 1.